The van der Waals surface area contributed by atoms with Gasteiger partial charge in [0.05, 0.1) is 0 Å². The summed E-state index contributed by atoms with van der Waals surface area (Å²) in [5.74, 6) is -8.71. The van der Waals surface area contributed by atoms with E-state index in [0.29, 0.717) is 7.05 Å². The van der Waals surface area contributed by atoms with Crippen molar-refractivity contribution >= 4 is 22.0 Å². The molecule has 1 N–H and O–H groups in total. The Morgan fingerprint density at radius 1 is 1.21 bits per heavy atom. The van der Waals surface area contributed by atoms with Gasteiger partial charge >= 0.3 is 29.1 Å². The zero-order valence-corrected chi connectivity index (χ0v) is 12.9. The topological polar surface area (TPSA) is 122 Å². The van der Waals surface area contributed by atoms with E-state index in [9.17, 15) is 44.5 Å². The maximum Gasteiger partial charge on any atom is 0.466 e. The van der Waals surface area contributed by atoms with Crippen LogP contribution in [0.4, 0.5) is 22.0 Å². The Balaban J connectivity index is 5.99. The predicted molar refractivity (Wildman–Crippen MR) is 64.4 cm³/mol. The highest BCUT2D eigenvalue weighted by Crippen LogP contribution is 2.37. The molecule has 0 aliphatic carbocycles. The summed E-state index contributed by atoms with van der Waals surface area (Å²) in [5, 5.41) is -3.96. The SMILES string of the molecule is C=C(C)C(=O)OC(OCC(F)(F)S(=O)(=O)[O-])(C(=O)NC)C(F)(F)F. The lowest BCUT2D eigenvalue weighted by Crippen LogP contribution is -2.62. The van der Waals surface area contributed by atoms with Crippen molar-refractivity contribution < 1.29 is 54.0 Å². The number of rotatable bonds is 7. The summed E-state index contributed by atoms with van der Waals surface area (Å²) in [6.07, 6.45) is -5.90. The molecule has 0 aromatic carbocycles. The smallest absolute Gasteiger partial charge is 0.466 e. The van der Waals surface area contributed by atoms with E-state index in [0.717, 1.165) is 6.92 Å². The summed E-state index contributed by atoms with van der Waals surface area (Å²) in [4.78, 5) is 22.8. The molecule has 0 saturated carbocycles. The van der Waals surface area contributed by atoms with Crippen LogP contribution in [0.25, 0.3) is 0 Å². The van der Waals surface area contributed by atoms with Gasteiger partial charge in [0.1, 0.15) is 6.61 Å². The Hall–Kier alpha value is -1.80. The fraction of sp³-hybridized carbons (Fsp3) is 0.600. The molecule has 140 valence electrons. The molecule has 8 nitrogen and oxygen atoms in total. The Kier molecular flexibility index (Phi) is 6.46. The van der Waals surface area contributed by atoms with Gasteiger partial charge < -0.3 is 19.3 Å². The molecule has 1 unspecified atom stereocenters. The van der Waals surface area contributed by atoms with Gasteiger partial charge in [-0.1, -0.05) is 6.58 Å². The maximum atomic E-state index is 13.1. The van der Waals surface area contributed by atoms with Gasteiger partial charge in [0.15, 0.2) is 10.1 Å². The van der Waals surface area contributed by atoms with Gasteiger partial charge in [-0.25, -0.2) is 13.2 Å². The minimum atomic E-state index is -6.41. The zero-order chi connectivity index (χ0) is 19.6. The maximum absolute atomic E-state index is 13.1. The predicted octanol–water partition coefficient (Wildman–Crippen LogP) is 0.265. The number of halogens is 5. The quantitative estimate of drug-likeness (QED) is 0.220. The first kappa shape index (κ1) is 22.2. The molecular formula is C10H11F5NO7S-. The van der Waals surface area contributed by atoms with E-state index in [1.54, 1.807) is 0 Å². The van der Waals surface area contributed by atoms with Crippen molar-refractivity contribution in [3.8, 4) is 0 Å². The van der Waals surface area contributed by atoms with Crippen LogP contribution < -0.4 is 5.32 Å². The highest BCUT2D eigenvalue weighted by atomic mass is 32.2. The minimum absolute atomic E-state index is 0.628. The summed E-state index contributed by atoms with van der Waals surface area (Å²) in [6.45, 7) is 1.11. The minimum Gasteiger partial charge on any atom is -0.743 e. The fourth-order valence-corrected chi connectivity index (χ4v) is 1.25. The number of amides is 1. The number of alkyl halides is 5. The Bertz CT molecular complexity index is 630. The Morgan fingerprint density at radius 2 is 1.67 bits per heavy atom. The first-order valence-corrected chi connectivity index (χ1v) is 7.07. The summed E-state index contributed by atoms with van der Waals surface area (Å²) in [5.41, 5.74) is -0.653. The van der Waals surface area contributed by atoms with Crippen molar-refractivity contribution in [1.29, 1.82) is 0 Å². The monoisotopic (exact) mass is 384 g/mol. The molecule has 1 amide bonds. The van der Waals surface area contributed by atoms with Gasteiger partial charge in [0.2, 0.25) is 0 Å². The third kappa shape index (κ3) is 4.61. The van der Waals surface area contributed by atoms with Crippen molar-refractivity contribution in [2.45, 2.75) is 24.1 Å². The highest BCUT2D eigenvalue weighted by Gasteiger charge is 2.67. The van der Waals surface area contributed by atoms with E-state index in [1.807, 2.05) is 0 Å². The molecular weight excluding hydrogens is 373 g/mol. The molecule has 0 spiro atoms. The zero-order valence-electron chi connectivity index (χ0n) is 12.1. The molecule has 0 aromatic heterocycles. The van der Waals surface area contributed by atoms with Gasteiger partial charge in [-0.2, -0.15) is 22.0 Å². The van der Waals surface area contributed by atoms with Gasteiger partial charge in [-0.05, 0) is 6.92 Å². The molecule has 0 aromatic rings. The fourth-order valence-electron chi connectivity index (χ4n) is 1.05. The van der Waals surface area contributed by atoms with E-state index in [2.05, 4.69) is 16.1 Å². The Morgan fingerprint density at radius 3 is 1.96 bits per heavy atom. The second kappa shape index (κ2) is 6.98. The number of hydrogen-bond donors (Lipinski definition) is 1. The molecule has 0 aliphatic heterocycles. The second-order valence-electron chi connectivity index (χ2n) is 4.24. The number of ether oxygens (including phenoxy) is 2. The summed E-state index contributed by atoms with van der Waals surface area (Å²) >= 11 is 0. The number of hydrogen-bond acceptors (Lipinski definition) is 7. The van der Waals surface area contributed by atoms with E-state index in [4.69, 9.17) is 0 Å². The van der Waals surface area contributed by atoms with Gasteiger partial charge in [-0.15, -0.1) is 0 Å². The van der Waals surface area contributed by atoms with Crippen molar-refractivity contribution in [2.75, 3.05) is 13.7 Å². The lowest BCUT2D eigenvalue weighted by Gasteiger charge is -2.34. The third-order valence-corrected chi connectivity index (χ3v) is 3.14. The molecule has 24 heavy (non-hydrogen) atoms. The van der Waals surface area contributed by atoms with Crippen LogP contribution in [0.5, 0.6) is 0 Å². The van der Waals surface area contributed by atoms with Crippen LogP contribution >= 0.6 is 0 Å². The molecule has 0 saturated heterocycles. The second-order valence-corrected chi connectivity index (χ2v) is 5.75. The molecule has 0 fully saturated rings. The average Bonchev–Trinajstić information content (AvgIpc) is 2.39. The van der Waals surface area contributed by atoms with Crippen LogP contribution in [0.2, 0.25) is 0 Å². The lowest BCUT2D eigenvalue weighted by atomic mass is 10.2. The van der Waals surface area contributed by atoms with Crippen LogP contribution in [0, 0.1) is 0 Å². The van der Waals surface area contributed by atoms with Crippen LogP contribution in [0.1, 0.15) is 6.92 Å². The van der Waals surface area contributed by atoms with Crippen LogP contribution in [-0.2, 0) is 29.2 Å². The molecule has 14 heteroatoms. The molecule has 0 rings (SSSR count). The van der Waals surface area contributed by atoms with Gasteiger partial charge in [0.25, 0.3) is 0 Å². The van der Waals surface area contributed by atoms with Crippen LogP contribution in [0.15, 0.2) is 12.2 Å². The number of carbonyl (C=O) groups excluding carboxylic acids is 2. The summed E-state index contributed by atoms with van der Waals surface area (Å²) in [7, 11) is -5.78. The molecule has 0 radical (unpaired) electrons. The van der Waals surface area contributed by atoms with Gasteiger partial charge in [-0.3, -0.25) is 4.79 Å². The Labute approximate surface area is 132 Å². The number of nitrogens with one attached hydrogen (secondary N) is 1. The number of esters is 1. The largest absolute Gasteiger partial charge is 0.743 e. The van der Waals surface area contributed by atoms with E-state index < -0.39 is 51.4 Å². The number of carbonyl (C=O) groups is 2. The van der Waals surface area contributed by atoms with E-state index >= 15 is 0 Å². The molecule has 0 heterocycles. The third-order valence-electron chi connectivity index (χ3n) is 2.29. The van der Waals surface area contributed by atoms with Crippen molar-refractivity contribution in [1.82, 2.24) is 5.32 Å². The molecule has 0 aliphatic rings. The van der Waals surface area contributed by atoms with E-state index in [-0.39, 0.29) is 0 Å². The van der Waals surface area contributed by atoms with Crippen molar-refractivity contribution in [3.63, 3.8) is 0 Å². The molecule has 0 bridgehead atoms. The standard InChI is InChI=1S/C10H12F5NO7S/c1-5(2)6(17)23-9(7(18)16-3,10(13,14)15)22-4-8(11,12)24(19,20)21/h1,4H2,2-3H3,(H,16,18)(H,19,20,21)/p-1. The van der Waals surface area contributed by atoms with Crippen molar-refractivity contribution in [3.05, 3.63) is 12.2 Å². The normalized spacial score (nSPS) is 15.3. The van der Waals surface area contributed by atoms with Crippen LogP contribution in [-0.4, -0.2) is 55.7 Å². The highest BCUT2D eigenvalue weighted by molar-refractivity contribution is 7.86. The van der Waals surface area contributed by atoms with Crippen LogP contribution in [0.3, 0.4) is 0 Å². The molecule has 1 atom stereocenters. The summed E-state index contributed by atoms with van der Waals surface area (Å²) in [6, 6.07) is 0. The average molecular weight is 384 g/mol. The summed E-state index contributed by atoms with van der Waals surface area (Å²) < 4.78 is 104. The first-order valence-electron chi connectivity index (χ1n) is 5.67. The lowest BCUT2D eigenvalue weighted by molar-refractivity contribution is -0.352. The van der Waals surface area contributed by atoms with Crippen molar-refractivity contribution in [2.24, 2.45) is 0 Å². The van der Waals surface area contributed by atoms with Gasteiger partial charge in [0, 0.05) is 12.6 Å². The first-order chi connectivity index (χ1) is 10.5. The number of likely N-dealkylation sites (N-methyl/N-ethyl adjacent to an activating group) is 1. The van der Waals surface area contributed by atoms with E-state index in [1.165, 1.54) is 5.32 Å².